The van der Waals surface area contributed by atoms with Crippen LogP contribution in [-0.4, -0.2) is 11.9 Å². The first-order chi connectivity index (χ1) is 14.8. The summed E-state index contributed by atoms with van der Waals surface area (Å²) in [6, 6.07) is 29.8. The molecule has 0 saturated carbocycles. The molecule has 4 heteroatoms. The third-order valence-electron chi connectivity index (χ3n) is 4.80. The first-order valence-corrected chi connectivity index (χ1v) is 10.4. The first kappa shape index (κ1) is 18.4. The van der Waals surface area contributed by atoms with Gasteiger partial charge in [-0.3, -0.25) is 0 Å². The van der Waals surface area contributed by atoms with Crippen LogP contribution in [0.25, 0.3) is 9.81 Å². The average molecular weight is 407 g/mol. The molecule has 0 radical (unpaired) electrons. The van der Waals surface area contributed by atoms with Crippen molar-refractivity contribution in [2.45, 2.75) is 0 Å². The quantitative estimate of drug-likeness (QED) is 0.390. The van der Waals surface area contributed by atoms with Gasteiger partial charge in [-0.2, -0.15) is 0 Å². The summed E-state index contributed by atoms with van der Waals surface area (Å²) in [6.07, 6.45) is 4.03. The lowest BCUT2D eigenvalue weighted by molar-refractivity contribution is -0.130. The second kappa shape index (κ2) is 8.01. The van der Waals surface area contributed by atoms with E-state index in [-0.39, 0.29) is 0 Å². The number of rotatable bonds is 3. The van der Waals surface area contributed by atoms with Gasteiger partial charge in [-0.15, -0.1) is 0 Å². The fourth-order valence-corrected chi connectivity index (χ4v) is 4.44. The molecule has 0 amide bonds. The second-order valence-electron chi connectivity index (χ2n) is 6.83. The highest BCUT2D eigenvalue weighted by molar-refractivity contribution is 8.16. The molecular formula is C26H17NO2S. The number of thioether (sulfide) groups is 1. The molecule has 2 heterocycles. The average Bonchev–Trinajstić information content (AvgIpc) is 3.22. The van der Waals surface area contributed by atoms with E-state index in [4.69, 9.17) is 4.74 Å². The van der Waals surface area contributed by atoms with Gasteiger partial charge in [0.1, 0.15) is 0 Å². The van der Waals surface area contributed by atoms with Gasteiger partial charge in [0, 0.05) is 20.9 Å². The van der Waals surface area contributed by atoms with E-state index in [1.165, 1.54) is 0 Å². The van der Waals surface area contributed by atoms with E-state index >= 15 is 0 Å². The van der Waals surface area contributed by atoms with Gasteiger partial charge in [-0.25, -0.2) is 9.79 Å². The monoisotopic (exact) mass is 407 g/mol. The third-order valence-corrected chi connectivity index (χ3v) is 5.95. The predicted octanol–water partition coefficient (Wildman–Crippen LogP) is 6.07. The highest BCUT2D eigenvalue weighted by atomic mass is 32.2. The molecule has 0 N–H and O–H groups in total. The Morgan fingerprint density at radius 2 is 1.10 bits per heavy atom. The molecule has 0 aliphatic carbocycles. The van der Waals surface area contributed by atoms with Crippen molar-refractivity contribution in [3.8, 4) is 0 Å². The second-order valence-corrected chi connectivity index (χ2v) is 7.91. The topological polar surface area (TPSA) is 38.7 Å². The zero-order valence-electron chi connectivity index (χ0n) is 16.0. The summed E-state index contributed by atoms with van der Waals surface area (Å²) in [5.74, 6) is -0.0891. The Balaban J connectivity index is 1.64. The standard InChI is InChI=1S/C26H17NO2S/c28-26-24(27-25(29-26)20-14-8-3-9-15-20)21-16-22(18-10-4-1-5-11-18)30-23(17-21)19-12-6-2-7-13-19/h1-17H. The van der Waals surface area contributed by atoms with E-state index < -0.39 is 5.97 Å². The molecule has 30 heavy (non-hydrogen) atoms. The summed E-state index contributed by atoms with van der Waals surface area (Å²) in [6.45, 7) is 0. The molecule has 3 nitrogen and oxygen atoms in total. The van der Waals surface area contributed by atoms with Crippen LogP contribution >= 0.6 is 11.8 Å². The zero-order valence-corrected chi connectivity index (χ0v) is 16.8. The Morgan fingerprint density at radius 1 is 0.633 bits per heavy atom. The van der Waals surface area contributed by atoms with E-state index in [9.17, 15) is 4.79 Å². The molecule has 0 unspecified atom stereocenters. The van der Waals surface area contributed by atoms with E-state index in [2.05, 4.69) is 29.3 Å². The Morgan fingerprint density at radius 3 is 1.60 bits per heavy atom. The van der Waals surface area contributed by atoms with Crippen LogP contribution in [0.15, 0.2) is 119 Å². The van der Waals surface area contributed by atoms with Crippen molar-refractivity contribution < 1.29 is 9.53 Å². The van der Waals surface area contributed by atoms with Crippen molar-refractivity contribution in [2.24, 2.45) is 4.99 Å². The van der Waals surface area contributed by atoms with Gasteiger partial charge in [-0.05, 0) is 35.4 Å². The van der Waals surface area contributed by atoms with Crippen LogP contribution in [0, 0.1) is 0 Å². The molecule has 0 saturated heterocycles. The van der Waals surface area contributed by atoms with Crippen LogP contribution in [0.4, 0.5) is 0 Å². The fraction of sp³-hybridized carbons (Fsp3) is 0. The lowest BCUT2D eigenvalue weighted by Crippen LogP contribution is -2.06. The van der Waals surface area contributed by atoms with Gasteiger partial charge >= 0.3 is 5.97 Å². The number of aliphatic imine (C=N–C) groups is 1. The summed E-state index contributed by atoms with van der Waals surface area (Å²) >= 11 is 1.69. The highest BCUT2D eigenvalue weighted by Crippen LogP contribution is 2.44. The van der Waals surface area contributed by atoms with Crippen molar-refractivity contribution in [1.29, 1.82) is 0 Å². The SMILES string of the molecule is O=C1OC(c2ccccc2)=NC1=C1C=C(c2ccccc2)SC(c2ccccc2)=C1. The number of nitrogens with zero attached hydrogens (tertiary/aromatic N) is 1. The van der Waals surface area contributed by atoms with E-state index in [0.717, 1.165) is 32.1 Å². The molecular weight excluding hydrogens is 390 g/mol. The van der Waals surface area contributed by atoms with E-state index in [1.54, 1.807) is 11.8 Å². The van der Waals surface area contributed by atoms with Crippen LogP contribution in [0.5, 0.6) is 0 Å². The third kappa shape index (κ3) is 3.65. The molecule has 3 aromatic carbocycles. The lowest BCUT2D eigenvalue weighted by atomic mass is 10.1. The molecule has 144 valence electrons. The fourth-order valence-electron chi connectivity index (χ4n) is 3.32. The highest BCUT2D eigenvalue weighted by Gasteiger charge is 2.28. The van der Waals surface area contributed by atoms with E-state index in [1.807, 2.05) is 78.9 Å². The minimum absolute atomic E-state index is 0.330. The number of cyclic esters (lactones) is 1. The van der Waals surface area contributed by atoms with Crippen LogP contribution in [-0.2, 0) is 9.53 Å². The lowest BCUT2D eigenvalue weighted by Gasteiger charge is -2.17. The maximum absolute atomic E-state index is 12.7. The van der Waals surface area contributed by atoms with Gasteiger partial charge in [0.2, 0.25) is 5.90 Å². The van der Waals surface area contributed by atoms with Crippen molar-refractivity contribution in [2.75, 3.05) is 0 Å². The Kier molecular flexibility index (Phi) is 4.91. The minimum Gasteiger partial charge on any atom is -0.402 e. The summed E-state index contributed by atoms with van der Waals surface area (Å²) in [7, 11) is 0. The van der Waals surface area contributed by atoms with Crippen LogP contribution in [0.3, 0.4) is 0 Å². The number of esters is 1. The van der Waals surface area contributed by atoms with Gasteiger partial charge in [0.15, 0.2) is 5.70 Å². The molecule has 0 fully saturated rings. The number of benzene rings is 3. The minimum atomic E-state index is -0.428. The number of ether oxygens (including phenoxy) is 1. The van der Waals surface area contributed by atoms with Crippen molar-refractivity contribution in [3.05, 3.63) is 131 Å². The van der Waals surface area contributed by atoms with Gasteiger partial charge in [-0.1, -0.05) is 90.6 Å². The van der Waals surface area contributed by atoms with Crippen molar-refractivity contribution >= 4 is 33.4 Å². The van der Waals surface area contributed by atoms with Gasteiger partial charge < -0.3 is 4.74 Å². The zero-order chi connectivity index (χ0) is 20.3. The molecule has 0 aromatic heterocycles. The van der Waals surface area contributed by atoms with Crippen LogP contribution in [0.1, 0.15) is 16.7 Å². The Hall–Kier alpha value is -3.63. The Labute approximate surface area is 179 Å². The maximum Gasteiger partial charge on any atom is 0.364 e. The molecule has 2 aliphatic rings. The van der Waals surface area contributed by atoms with Crippen molar-refractivity contribution in [1.82, 2.24) is 0 Å². The summed E-state index contributed by atoms with van der Waals surface area (Å²) in [5.41, 5.74) is 4.06. The predicted molar refractivity (Wildman–Crippen MR) is 123 cm³/mol. The van der Waals surface area contributed by atoms with E-state index in [0.29, 0.717) is 11.6 Å². The normalized spacial score (nSPS) is 16.0. The molecule has 3 aromatic rings. The van der Waals surface area contributed by atoms with Gasteiger partial charge in [0.25, 0.3) is 0 Å². The first-order valence-electron chi connectivity index (χ1n) is 9.60. The van der Waals surface area contributed by atoms with Crippen LogP contribution < -0.4 is 0 Å². The summed E-state index contributed by atoms with van der Waals surface area (Å²) < 4.78 is 5.48. The summed E-state index contributed by atoms with van der Waals surface area (Å²) in [4.78, 5) is 19.4. The molecule has 0 bridgehead atoms. The number of hydrogen-bond acceptors (Lipinski definition) is 4. The Bertz CT molecular complexity index is 1170. The molecule has 2 aliphatic heterocycles. The number of allylic oxidation sites excluding steroid dienone is 3. The number of carbonyl (C=O) groups is 1. The summed E-state index contributed by atoms with van der Waals surface area (Å²) in [5, 5.41) is 0. The number of carbonyl (C=O) groups excluding carboxylic acids is 1. The van der Waals surface area contributed by atoms with Crippen LogP contribution in [0.2, 0.25) is 0 Å². The molecule has 0 spiro atoms. The van der Waals surface area contributed by atoms with Crippen molar-refractivity contribution in [3.63, 3.8) is 0 Å². The molecule has 5 rings (SSSR count). The molecule has 0 atom stereocenters. The van der Waals surface area contributed by atoms with Gasteiger partial charge in [0.05, 0.1) is 0 Å². The largest absolute Gasteiger partial charge is 0.402 e. The maximum atomic E-state index is 12.7. The smallest absolute Gasteiger partial charge is 0.364 e. The number of hydrogen-bond donors (Lipinski definition) is 0.